The largest absolute Gasteiger partial charge is 0.0622 e. The molecule has 20 aromatic rings. The fourth-order valence-electron chi connectivity index (χ4n) is 16.2. The first-order valence-electron chi connectivity index (χ1n) is 34.0. The standard InChI is InChI=1S/C52H32.C46H30/c1-2-14-39-34(12-1)13-11-23-40(39)35-26-24-33-25-27-36(31-38(33)30-35)51-46-19-7-9-21-48(46)52(49-22-10-8-20-47(49)51)37-28-29-45-43-17-4-3-15-41(43)42-16-5-6-18-44(42)50(45)32-37;1-3-13-31(14-4-1)34-25-23-32-24-26-35(30-36(32)29-34)45-40-19-9-11-21-42(40)46(43-22-12-10-20-41(43)45)44-28-27-37(33-15-5-2-6-16-33)38-17-7-8-18-39(38)44/h1-32H;1-30H. The van der Waals surface area contributed by atoms with E-state index in [1.165, 1.54) is 196 Å². The van der Waals surface area contributed by atoms with E-state index in [-0.39, 0.29) is 0 Å². The Morgan fingerprint density at radius 3 is 0.908 bits per heavy atom. The minimum absolute atomic E-state index is 1.23. The highest BCUT2D eigenvalue weighted by atomic mass is 14.2. The van der Waals surface area contributed by atoms with Crippen LogP contribution < -0.4 is 0 Å². The van der Waals surface area contributed by atoms with Crippen molar-refractivity contribution in [2.45, 2.75) is 0 Å². The lowest BCUT2D eigenvalue weighted by Crippen LogP contribution is -1.92. The van der Waals surface area contributed by atoms with Crippen molar-refractivity contribution in [2.24, 2.45) is 0 Å². The van der Waals surface area contributed by atoms with Crippen LogP contribution >= 0.6 is 0 Å². The van der Waals surface area contributed by atoms with Crippen LogP contribution in [0.2, 0.25) is 0 Å². The molecule has 0 heterocycles. The summed E-state index contributed by atoms with van der Waals surface area (Å²) in [6.07, 6.45) is 0. The van der Waals surface area contributed by atoms with Crippen molar-refractivity contribution in [2.75, 3.05) is 0 Å². The van der Waals surface area contributed by atoms with Crippen LogP contribution in [0.4, 0.5) is 0 Å². The van der Waals surface area contributed by atoms with Crippen LogP contribution in [0.25, 0.3) is 196 Å². The van der Waals surface area contributed by atoms with Crippen LogP contribution in [0.15, 0.2) is 376 Å². The van der Waals surface area contributed by atoms with Gasteiger partial charge in [-0.15, -0.1) is 0 Å². The Kier molecular flexibility index (Phi) is 13.7. The molecule has 0 atom stereocenters. The molecule has 0 amide bonds. The summed E-state index contributed by atoms with van der Waals surface area (Å²) < 4.78 is 0. The van der Waals surface area contributed by atoms with Crippen molar-refractivity contribution in [3.8, 4) is 77.9 Å². The smallest absolute Gasteiger partial charge is 0.00201 e. The highest BCUT2D eigenvalue weighted by molar-refractivity contribution is 6.28. The summed E-state index contributed by atoms with van der Waals surface area (Å²) in [5.74, 6) is 0. The molecule has 20 aromatic carbocycles. The van der Waals surface area contributed by atoms with Gasteiger partial charge < -0.3 is 0 Å². The van der Waals surface area contributed by atoms with Crippen molar-refractivity contribution in [3.05, 3.63) is 376 Å². The Hall–Kier alpha value is -12.7. The number of hydrogen-bond donors (Lipinski definition) is 0. The van der Waals surface area contributed by atoms with Crippen molar-refractivity contribution >= 4 is 118 Å². The van der Waals surface area contributed by atoms with Gasteiger partial charge in [0, 0.05) is 0 Å². The Bertz CT molecular complexity index is 6440. The zero-order chi connectivity index (χ0) is 64.6. The van der Waals surface area contributed by atoms with Crippen LogP contribution in [-0.4, -0.2) is 0 Å². The summed E-state index contributed by atoms with van der Waals surface area (Å²) in [5, 5.41) is 28.0. The van der Waals surface area contributed by atoms with E-state index in [9.17, 15) is 0 Å². The highest BCUT2D eigenvalue weighted by Gasteiger charge is 2.22. The van der Waals surface area contributed by atoms with E-state index in [1.54, 1.807) is 0 Å². The summed E-state index contributed by atoms with van der Waals surface area (Å²) in [6, 6.07) is 138. The summed E-state index contributed by atoms with van der Waals surface area (Å²) in [4.78, 5) is 0. The molecule has 454 valence electrons. The molecular weight excluding hydrogens is 1180 g/mol. The van der Waals surface area contributed by atoms with Crippen molar-refractivity contribution in [1.29, 1.82) is 0 Å². The van der Waals surface area contributed by atoms with Gasteiger partial charge in [-0.1, -0.05) is 346 Å². The van der Waals surface area contributed by atoms with Gasteiger partial charge in [0.15, 0.2) is 0 Å². The molecule has 0 aromatic heterocycles. The molecule has 0 bridgehead atoms. The minimum atomic E-state index is 1.23. The maximum Gasteiger partial charge on any atom is -0.00201 e. The first-order chi connectivity index (χ1) is 48.6. The topological polar surface area (TPSA) is 0 Å². The second kappa shape index (κ2) is 23.6. The van der Waals surface area contributed by atoms with Gasteiger partial charge in [-0.3, -0.25) is 0 Å². The minimum Gasteiger partial charge on any atom is -0.0622 e. The van der Waals surface area contributed by atoms with Gasteiger partial charge in [0.2, 0.25) is 0 Å². The summed E-state index contributed by atoms with van der Waals surface area (Å²) in [7, 11) is 0. The van der Waals surface area contributed by atoms with Crippen LogP contribution in [0, 0.1) is 0 Å². The molecule has 0 aliphatic carbocycles. The second-order valence-corrected chi connectivity index (χ2v) is 26.1. The van der Waals surface area contributed by atoms with E-state index in [0.717, 1.165) is 0 Å². The van der Waals surface area contributed by atoms with E-state index in [4.69, 9.17) is 0 Å². The van der Waals surface area contributed by atoms with Gasteiger partial charge in [-0.25, -0.2) is 0 Å². The maximum absolute atomic E-state index is 2.43. The van der Waals surface area contributed by atoms with Crippen molar-refractivity contribution < 1.29 is 0 Å². The number of fused-ring (bicyclic) bond motifs is 14. The Balaban J connectivity index is 0.000000138. The molecule has 0 radical (unpaired) electrons. The van der Waals surface area contributed by atoms with Gasteiger partial charge in [0.25, 0.3) is 0 Å². The Morgan fingerprint density at radius 2 is 0.408 bits per heavy atom. The maximum atomic E-state index is 2.43. The van der Waals surface area contributed by atoms with E-state index in [1.807, 2.05) is 0 Å². The van der Waals surface area contributed by atoms with E-state index < -0.39 is 0 Å². The number of hydrogen-bond acceptors (Lipinski definition) is 0. The average molecular weight is 1240 g/mol. The molecule has 0 spiro atoms. The van der Waals surface area contributed by atoms with Gasteiger partial charge in [0.05, 0.1) is 0 Å². The van der Waals surface area contributed by atoms with E-state index in [2.05, 4.69) is 376 Å². The zero-order valence-electron chi connectivity index (χ0n) is 53.8. The van der Waals surface area contributed by atoms with Crippen LogP contribution in [0.5, 0.6) is 0 Å². The second-order valence-electron chi connectivity index (χ2n) is 26.1. The third-order valence-corrected chi connectivity index (χ3v) is 20.6. The number of benzene rings is 20. The quantitative estimate of drug-likeness (QED) is 0.110. The Labute approximate surface area is 568 Å². The van der Waals surface area contributed by atoms with Gasteiger partial charge in [-0.2, -0.15) is 0 Å². The predicted octanol–water partition coefficient (Wildman–Crippen LogP) is 27.7. The third kappa shape index (κ3) is 9.52. The molecule has 0 aliphatic heterocycles. The monoisotopic (exact) mass is 1240 g/mol. The molecular formula is C98H62. The normalized spacial score (nSPS) is 11.7. The lowest BCUT2D eigenvalue weighted by molar-refractivity contribution is 1.64. The molecule has 0 fully saturated rings. The summed E-state index contributed by atoms with van der Waals surface area (Å²) in [5.41, 5.74) is 17.6. The predicted molar refractivity (Wildman–Crippen MR) is 424 cm³/mol. The highest BCUT2D eigenvalue weighted by Crippen LogP contribution is 2.49. The van der Waals surface area contributed by atoms with Crippen LogP contribution in [0.3, 0.4) is 0 Å². The van der Waals surface area contributed by atoms with Crippen LogP contribution in [-0.2, 0) is 0 Å². The summed E-state index contributed by atoms with van der Waals surface area (Å²) in [6.45, 7) is 0. The third-order valence-electron chi connectivity index (χ3n) is 20.6. The van der Waals surface area contributed by atoms with Crippen LogP contribution in [0.1, 0.15) is 0 Å². The fourth-order valence-corrected chi connectivity index (χ4v) is 16.2. The zero-order valence-corrected chi connectivity index (χ0v) is 53.8. The SMILES string of the molecule is c1ccc(-c2ccc3ccc(-c4c5ccccc5c(-c5ccc(-c6ccccc6)c6ccccc56)c5ccccc45)cc3c2)cc1.c1ccc2c(-c3ccc4ccc(-c5c6ccccc6c(-c6ccc7c8ccccc8c8ccccc8c7c6)c6ccccc56)cc4c3)cccc2c1. The van der Waals surface area contributed by atoms with Gasteiger partial charge >= 0.3 is 0 Å². The van der Waals surface area contributed by atoms with Gasteiger partial charge in [0.1, 0.15) is 0 Å². The molecule has 0 saturated heterocycles. The molecule has 20 rings (SSSR count). The van der Waals surface area contributed by atoms with Crippen molar-refractivity contribution in [1.82, 2.24) is 0 Å². The molecule has 0 saturated carbocycles. The Morgan fingerprint density at radius 1 is 0.102 bits per heavy atom. The van der Waals surface area contributed by atoms with Gasteiger partial charge in [-0.05, 0) is 227 Å². The molecule has 98 heavy (non-hydrogen) atoms. The molecule has 0 aliphatic rings. The average Bonchev–Trinajstić information content (AvgIpc) is 0.732. The summed E-state index contributed by atoms with van der Waals surface area (Å²) >= 11 is 0. The number of rotatable bonds is 7. The molecule has 0 nitrogen and oxygen atoms in total. The van der Waals surface area contributed by atoms with E-state index in [0.29, 0.717) is 0 Å². The van der Waals surface area contributed by atoms with Crippen molar-refractivity contribution in [3.63, 3.8) is 0 Å². The lowest BCUT2D eigenvalue weighted by Gasteiger charge is -2.20. The first kappa shape index (κ1) is 56.8. The molecule has 0 heteroatoms. The van der Waals surface area contributed by atoms with E-state index >= 15 is 0 Å². The fraction of sp³-hybridized carbons (Fsp3) is 0. The first-order valence-corrected chi connectivity index (χ1v) is 34.0. The molecule has 0 unspecified atom stereocenters. The molecule has 0 N–H and O–H groups in total. The lowest BCUT2D eigenvalue weighted by atomic mass is 9.83.